The first-order chi connectivity index (χ1) is 7.13. The molecule has 0 bridgehead atoms. The smallest absolute Gasteiger partial charge is 0.128 e. The van der Waals surface area contributed by atoms with Crippen LogP contribution in [0.25, 0.3) is 0 Å². The summed E-state index contributed by atoms with van der Waals surface area (Å²) in [5.41, 5.74) is 1.04. The lowest BCUT2D eigenvalue weighted by atomic mass is 10.3. The van der Waals surface area contributed by atoms with E-state index in [4.69, 9.17) is 4.74 Å². The van der Waals surface area contributed by atoms with E-state index in [0.717, 1.165) is 18.1 Å². The van der Waals surface area contributed by atoms with Crippen LogP contribution in [-0.4, -0.2) is 37.1 Å². The molecule has 0 aliphatic rings. The zero-order valence-corrected chi connectivity index (χ0v) is 11.0. The van der Waals surface area contributed by atoms with E-state index in [9.17, 15) is 0 Å². The van der Waals surface area contributed by atoms with E-state index >= 15 is 0 Å². The van der Waals surface area contributed by atoms with Gasteiger partial charge >= 0.3 is 0 Å². The summed E-state index contributed by atoms with van der Waals surface area (Å²) >= 11 is 3.56. The van der Waals surface area contributed by atoms with Crippen molar-refractivity contribution in [3.63, 3.8) is 0 Å². The highest BCUT2D eigenvalue weighted by Crippen LogP contribution is 2.12. The molecule has 1 atom stereocenters. The van der Waals surface area contributed by atoms with Crippen molar-refractivity contribution >= 4 is 21.7 Å². The van der Waals surface area contributed by atoms with Crippen molar-refractivity contribution in [3.8, 4) is 0 Å². The Bertz CT molecular complexity index is 306. The number of halogens is 1. The van der Waals surface area contributed by atoms with Crippen molar-refractivity contribution in [3.05, 3.63) is 23.9 Å². The number of hydrogen-bond acceptors (Lipinski definition) is 3. The summed E-state index contributed by atoms with van der Waals surface area (Å²) in [7, 11) is 3.74. The molecule has 1 aromatic rings. The Balaban J connectivity index is 2.56. The van der Waals surface area contributed by atoms with Gasteiger partial charge in [-0.2, -0.15) is 0 Å². The average Bonchev–Trinajstić information content (AvgIpc) is 2.18. The van der Waals surface area contributed by atoms with Gasteiger partial charge in [0.1, 0.15) is 5.82 Å². The summed E-state index contributed by atoms with van der Waals surface area (Å²) in [5.74, 6) is 0.996. The Morgan fingerprint density at radius 1 is 1.53 bits per heavy atom. The quantitative estimate of drug-likeness (QED) is 0.769. The van der Waals surface area contributed by atoms with Crippen LogP contribution in [0.4, 0.5) is 5.82 Å². The lowest BCUT2D eigenvalue weighted by Crippen LogP contribution is -2.28. The molecule has 1 aromatic heterocycles. The number of alkyl halides is 1. The van der Waals surface area contributed by atoms with Crippen LogP contribution in [0.5, 0.6) is 0 Å². The van der Waals surface area contributed by atoms with Crippen LogP contribution >= 0.6 is 15.9 Å². The number of anilines is 1. The lowest BCUT2D eigenvalue weighted by molar-refractivity contribution is 0.201. The fraction of sp³-hybridized carbons (Fsp3) is 0.545. The summed E-state index contributed by atoms with van der Waals surface area (Å²) < 4.78 is 5.07. The van der Waals surface area contributed by atoms with Crippen LogP contribution in [0.2, 0.25) is 0 Å². The van der Waals surface area contributed by atoms with Crippen LogP contribution in [0.3, 0.4) is 0 Å². The van der Waals surface area contributed by atoms with Gasteiger partial charge in [0, 0.05) is 26.4 Å². The maximum absolute atomic E-state index is 5.07. The minimum atomic E-state index is 0.329. The number of pyridine rings is 1. The van der Waals surface area contributed by atoms with E-state index in [1.165, 1.54) is 0 Å². The standard InChI is InChI=1S/C11H17BrN2O/c1-9-5-4-6-11(13-9)14(2)7-10(12)8-15-3/h4-6,10H,7-8H2,1-3H3. The second kappa shape index (κ2) is 6.08. The summed E-state index contributed by atoms with van der Waals surface area (Å²) in [5, 5.41) is 0. The second-order valence-electron chi connectivity index (χ2n) is 3.57. The van der Waals surface area contributed by atoms with Crippen LogP contribution < -0.4 is 4.90 Å². The zero-order valence-electron chi connectivity index (χ0n) is 9.40. The van der Waals surface area contributed by atoms with Gasteiger partial charge in [0.15, 0.2) is 0 Å². The normalized spacial score (nSPS) is 12.5. The van der Waals surface area contributed by atoms with Crippen molar-refractivity contribution < 1.29 is 4.74 Å². The lowest BCUT2D eigenvalue weighted by Gasteiger charge is -2.21. The maximum Gasteiger partial charge on any atom is 0.128 e. The summed E-state index contributed by atoms with van der Waals surface area (Å²) in [6, 6.07) is 6.03. The predicted octanol–water partition coefficient (Wildman–Crippen LogP) is 2.24. The highest BCUT2D eigenvalue weighted by molar-refractivity contribution is 9.09. The fourth-order valence-corrected chi connectivity index (χ4v) is 2.06. The molecular weight excluding hydrogens is 256 g/mol. The summed E-state index contributed by atoms with van der Waals surface area (Å²) in [4.78, 5) is 6.90. The molecule has 0 spiro atoms. The average molecular weight is 273 g/mol. The molecule has 4 heteroatoms. The molecule has 1 unspecified atom stereocenters. The minimum absolute atomic E-state index is 0.329. The van der Waals surface area contributed by atoms with E-state index in [1.807, 2.05) is 32.2 Å². The van der Waals surface area contributed by atoms with Crippen LogP contribution in [0.15, 0.2) is 18.2 Å². The topological polar surface area (TPSA) is 25.4 Å². The molecule has 3 nitrogen and oxygen atoms in total. The van der Waals surface area contributed by atoms with Crippen molar-refractivity contribution in [2.24, 2.45) is 0 Å². The van der Waals surface area contributed by atoms with Crippen LogP contribution in [-0.2, 0) is 4.74 Å². The third-order valence-electron chi connectivity index (χ3n) is 2.08. The van der Waals surface area contributed by atoms with Gasteiger partial charge in [0.05, 0.1) is 11.4 Å². The minimum Gasteiger partial charge on any atom is -0.383 e. The Morgan fingerprint density at radius 3 is 2.87 bits per heavy atom. The van der Waals surface area contributed by atoms with E-state index < -0.39 is 0 Å². The van der Waals surface area contributed by atoms with Gasteiger partial charge in [0.2, 0.25) is 0 Å². The number of aryl methyl sites for hydroxylation is 1. The van der Waals surface area contributed by atoms with E-state index in [2.05, 4.69) is 25.8 Å². The van der Waals surface area contributed by atoms with Gasteiger partial charge in [-0.05, 0) is 19.1 Å². The number of hydrogen-bond donors (Lipinski definition) is 0. The zero-order chi connectivity index (χ0) is 11.3. The number of rotatable bonds is 5. The molecule has 0 aliphatic heterocycles. The second-order valence-corrected chi connectivity index (χ2v) is 4.87. The first kappa shape index (κ1) is 12.5. The fourth-order valence-electron chi connectivity index (χ4n) is 1.37. The van der Waals surface area contributed by atoms with Gasteiger partial charge in [-0.25, -0.2) is 4.98 Å². The SMILES string of the molecule is COCC(Br)CN(C)c1cccc(C)n1. The number of nitrogens with zero attached hydrogens (tertiary/aromatic N) is 2. The highest BCUT2D eigenvalue weighted by atomic mass is 79.9. The third kappa shape index (κ3) is 4.18. The first-order valence-electron chi connectivity index (χ1n) is 4.91. The molecule has 0 aliphatic carbocycles. The van der Waals surface area contributed by atoms with E-state index in [-0.39, 0.29) is 0 Å². The molecule has 1 heterocycles. The van der Waals surface area contributed by atoms with Gasteiger partial charge in [-0.15, -0.1) is 0 Å². The van der Waals surface area contributed by atoms with Gasteiger partial charge in [-0.3, -0.25) is 0 Å². The first-order valence-corrected chi connectivity index (χ1v) is 5.83. The van der Waals surface area contributed by atoms with Crippen molar-refractivity contribution in [2.45, 2.75) is 11.8 Å². The molecule has 0 aromatic carbocycles. The number of methoxy groups -OCH3 is 1. The maximum atomic E-state index is 5.07. The van der Waals surface area contributed by atoms with Crippen molar-refractivity contribution in [1.29, 1.82) is 0 Å². The largest absolute Gasteiger partial charge is 0.383 e. The molecule has 0 N–H and O–H groups in total. The van der Waals surface area contributed by atoms with E-state index in [1.54, 1.807) is 7.11 Å². The van der Waals surface area contributed by atoms with Crippen LogP contribution in [0.1, 0.15) is 5.69 Å². The highest BCUT2D eigenvalue weighted by Gasteiger charge is 2.09. The molecule has 15 heavy (non-hydrogen) atoms. The Hall–Kier alpha value is -0.610. The Kier molecular flexibility index (Phi) is 5.05. The predicted molar refractivity (Wildman–Crippen MR) is 66.8 cm³/mol. The molecule has 0 saturated carbocycles. The molecule has 1 rings (SSSR count). The number of ether oxygens (including phenoxy) is 1. The third-order valence-corrected chi connectivity index (χ3v) is 2.64. The molecular formula is C11H17BrN2O. The van der Waals surface area contributed by atoms with Crippen molar-refractivity contribution in [2.75, 3.05) is 32.2 Å². The molecule has 0 amide bonds. The molecule has 0 saturated heterocycles. The summed E-state index contributed by atoms with van der Waals surface area (Å²) in [6.07, 6.45) is 0. The molecule has 0 radical (unpaired) electrons. The van der Waals surface area contributed by atoms with Crippen molar-refractivity contribution in [1.82, 2.24) is 4.98 Å². The Morgan fingerprint density at radius 2 is 2.27 bits per heavy atom. The van der Waals surface area contributed by atoms with Gasteiger partial charge in [-0.1, -0.05) is 22.0 Å². The Labute approximate surface area is 99.6 Å². The van der Waals surface area contributed by atoms with E-state index in [0.29, 0.717) is 11.4 Å². The monoisotopic (exact) mass is 272 g/mol. The molecule has 0 fully saturated rings. The van der Waals surface area contributed by atoms with Crippen LogP contribution in [0, 0.1) is 6.92 Å². The van der Waals surface area contributed by atoms with Gasteiger partial charge < -0.3 is 9.64 Å². The number of aromatic nitrogens is 1. The summed E-state index contributed by atoms with van der Waals surface area (Å²) in [6.45, 7) is 3.58. The van der Waals surface area contributed by atoms with Gasteiger partial charge in [0.25, 0.3) is 0 Å². The molecule has 84 valence electrons.